The van der Waals surface area contributed by atoms with Crippen LogP contribution < -0.4 is 4.74 Å². The van der Waals surface area contributed by atoms with Crippen molar-refractivity contribution in [2.24, 2.45) is 0 Å². The van der Waals surface area contributed by atoms with Gasteiger partial charge >= 0.3 is 5.97 Å². The van der Waals surface area contributed by atoms with Gasteiger partial charge in [0.05, 0.1) is 31.4 Å². The summed E-state index contributed by atoms with van der Waals surface area (Å²) in [7, 11) is 2.96. The molecule has 0 aromatic heterocycles. The first-order valence-corrected chi connectivity index (χ1v) is 7.37. The van der Waals surface area contributed by atoms with Crippen LogP contribution in [0.3, 0.4) is 0 Å². The van der Waals surface area contributed by atoms with E-state index in [1.54, 1.807) is 25.3 Å². The van der Waals surface area contributed by atoms with Crippen LogP contribution in [-0.4, -0.2) is 20.2 Å². The maximum atomic E-state index is 11.6. The summed E-state index contributed by atoms with van der Waals surface area (Å²) in [4.78, 5) is 11.6. The van der Waals surface area contributed by atoms with Crippen LogP contribution >= 0.6 is 0 Å². The Morgan fingerprint density at radius 3 is 2.42 bits per heavy atom. The highest BCUT2D eigenvalue weighted by molar-refractivity contribution is 5.92. The number of benzene rings is 3. The first-order valence-electron chi connectivity index (χ1n) is 7.37. The Bertz CT molecular complexity index is 970. The average molecular weight is 317 g/mol. The molecule has 118 valence electrons. The van der Waals surface area contributed by atoms with Crippen molar-refractivity contribution >= 4 is 16.7 Å². The minimum atomic E-state index is -0.455. The smallest absolute Gasteiger partial charge is 0.337 e. The van der Waals surface area contributed by atoms with Gasteiger partial charge in [0.1, 0.15) is 5.75 Å². The average Bonchev–Trinajstić information content (AvgIpc) is 2.65. The number of carbonyl (C=O) groups excluding carboxylic acids is 1. The van der Waals surface area contributed by atoms with E-state index >= 15 is 0 Å². The highest BCUT2D eigenvalue weighted by Crippen LogP contribution is 2.29. The van der Waals surface area contributed by atoms with Gasteiger partial charge in [-0.25, -0.2) is 4.79 Å². The topological polar surface area (TPSA) is 59.3 Å². The molecule has 0 amide bonds. The van der Waals surface area contributed by atoms with Crippen molar-refractivity contribution in [1.29, 1.82) is 5.26 Å². The van der Waals surface area contributed by atoms with Crippen LogP contribution in [0.15, 0.2) is 54.6 Å². The van der Waals surface area contributed by atoms with Crippen LogP contribution in [0.4, 0.5) is 0 Å². The predicted molar refractivity (Wildman–Crippen MR) is 92.0 cm³/mol. The normalized spacial score (nSPS) is 10.2. The second kappa shape index (κ2) is 6.43. The van der Waals surface area contributed by atoms with Crippen molar-refractivity contribution in [1.82, 2.24) is 0 Å². The molecule has 3 rings (SSSR count). The predicted octanol–water partition coefficient (Wildman–Crippen LogP) is 4.17. The second-order valence-corrected chi connectivity index (χ2v) is 5.29. The highest BCUT2D eigenvalue weighted by atomic mass is 16.5. The van der Waals surface area contributed by atoms with Gasteiger partial charge in [-0.1, -0.05) is 24.3 Å². The van der Waals surface area contributed by atoms with Crippen molar-refractivity contribution in [3.63, 3.8) is 0 Å². The van der Waals surface area contributed by atoms with Crippen molar-refractivity contribution in [2.45, 2.75) is 0 Å². The quantitative estimate of drug-likeness (QED) is 0.680. The molecule has 0 aliphatic rings. The number of methoxy groups -OCH3 is 2. The number of hydrogen-bond acceptors (Lipinski definition) is 4. The maximum Gasteiger partial charge on any atom is 0.337 e. The van der Waals surface area contributed by atoms with Crippen molar-refractivity contribution < 1.29 is 14.3 Å². The van der Waals surface area contributed by atoms with E-state index < -0.39 is 5.97 Å². The Morgan fingerprint density at radius 2 is 1.71 bits per heavy atom. The van der Waals surface area contributed by atoms with Gasteiger partial charge in [-0.15, -0.1) is 0 Å². The molecule has 0 bridgehead atoms. The molecule has 0 saturated heterocycles. The molecule has 0 N–H and O–H groups in total. The molecule has 3 aromatic carbocycles. The molecule has 24 heavy (non-hydrogen) atoms. The minimum Gasteiger partial charge on any atom is -0.497 e. The zero-order valence-electron chi connectivity index (χ0n) is 13.4. The van der Waals surface area contributed by atoms with E-state index in [0.717, 1.165) is 27.6 Å². The molecule has 0 radical (unpaired) electrons. The SMILES string of the molecule is COC(=O)c1ccc(-c2ccc3cc(OC)ccc3c2)c(C#N)c1. The number of nitrogens with zero attached hydrogens (tertiary/aromatic N) is 1. The fourth-order valence-corrected chi connectivity index (χ4v) is 2.65. The van der Waals surface area contributed by atoms with E-state index in [9.17, 15) is 10.1 Å². The number of carbonyl (C=O) groups is 1. The molecule has 0 unspecified atom stereocenters. The van der Waals surface area contributed by atoms with Crippen LogP contribution in [-0.2, 0) is 4.74 Å². The number of nitriles is 1. The molecule has 4 nitrogen and oxygen atoms in total. The lowest BCUT2D eigenvalue weighted by Crippen LogP contribution is -2.01. The monoisotopic (exact) mass is 317 g/mol. The maximum absolute atomic E-state index is 11.6. The van der Waals surface area contributed by atoms with Gasteiger partial charge in [0, 0.05) is 0 Å². The van der Waals surface area contributed by atoms with Crippen LogP contribution in [0.25, 0.3) is 21.9 Å². The standard InChI is InChI=1S/C20H15NO3/c1-23-18-7-5-13-9-15(4-3-14(13)11-18)19-8-6-16(20(22)24-2)10-17(19)12-21/h3-11H,1-2H3. The zero-order chi connectivity index (χ0) is 17.1. The number of fused-ring (bicyclic) bond motifs is 1. The van der Waals surface area contributed by atoms with E-state index in [2.05, 4.69) is 6.07 Å². The molecule has 0 spiro atoms. The molecule has 0 atom stereocenters. The molecule has 0 fully saturated rings. The second-order valence-electron chi connectivity index (χ2n) is 5.29. The first-order chi connectivity index (χ1) is 11.7. The molecule has 0 saturated carbocycles. The Hall–Kier alpha value is -3.32. The van der Waals surface area contributed by atoms with Crippen molar-refractivity contribution in [2.75, 3.05) is 14.2 Å². The summed E-state index contributed by atoms with van der Waals surface area (Å²) >= 11 is 0. The fraction of sp³-hybridized carbons (Fsp3) is 0.100. The summed E-state index contributed by atoms with van der Waals surface area (Å²) in [6.45, 7) is 0. The highest BCUT2D eigenvalue weighted by Gasteiger charge is 2.11. The summed E-state index contributed by atoms with van der Waals surface area (Å²) in [6, 6.07) is 18.9. The van der Waals surface area contributed by atoms with Crippen molar-refractivity contribution in [3.05, 3.63) is 65.7 Å². The molecule has 4 heteroatoms. The van der Waals surface area contributed by atoms with E-state index in [-0.39, 0.29) is 0 Å². The van der Waals surface area contributed by atoms with E-state index in [0.29, 0.717) is 11.1 Å². The van der Waals surface area contributed by atoms with Crippen molar-refractivity contribution in [3.8, 4) is 22.9 Å². The Kier molecular flexibility index (Phi) is 4.17. The summed E-state index contributed by atoms with van der Waals surface area (Å²) in [5.41, 5.74) is 2.50. The molecule has 0 heterocycles. The third-order valence-electron chi connectivity index (χ3n) is 3.92. The van der Waals surface area contributed by atoms with Gasteiger partial charge in [0.15, 0.2) is 0 Å². The lowest BCUT2D eigenvalue weighted by Gasteiger charge is -2.09. The largest absolute Gasteiger partial charge is 0.497 e. The molecular weight excluding hydrogens is 302 g/mol. The van der Waals surface area contributed by atoms with E-state index in [1.807, 2.05) is 36.4 Å². The van der Waals surface area contributed by atoms with Gasteiger partial charge in [-0.3, -0.25) is 0 Å². The number of hydrogen-bond donors (Lipinski definition) is 0. The third-order valence-corrected chi connectivity index (χ3v) is 3.92. The first kappa shape index (κ1) is 15.6. The molecule has 0 aliphatic carbocycles. The summed E-state index contributed by atoms with van der Waals surface area (Å²) in [5, 5.41) is 11.5. The van der Waals surface area contributed by atoms with Crippen LogP contribution in [0.2, 0.25) is 0 Å². The lowest BCUT2D eigenvalue weighted by molar-refractivity contribution is 0.0600. The molecular formula is C20H15NO3. The Morgan fingerprint density at radius 1 is 0.958 bits per heavy atom. The molecule has 0 aliphatic heterocycles. The van der Waals surface area contributed by atoms with Gasteiger partial charge < -0.3 is 9.47 Å². The Balaban J connectivity index is 2.10. The minimum absolute atomic E-state index is 0.364. The van der Waals surface area contributed by atoms with E-state index in [4.69, 9.17) is 9.47 Å². The van der Waals surface area contributed by atoms with Crippen LogP contribution in [0.5, 0.6) is 5.75 Å². The van der Waals surface area contributed by atoms with E-state index in [1.165, 1.54) is 7.11 Å². The summed E-state index contributed by atoms with van der Waals surface area (Å²) < 4.78 is 9.93. The van der Waals surface area contributed by atoms with Gasteiger partial charge in [0.2, 0.25) is 0 Å². The van der Waals surface area contributed by atoms with Crippen LogP contribution in [0, 0.1) is 11.3 Å². The van der Waals surface area contributed by atoms with Gasteiger partial charge in [-0.05, 0) is 52.2 Å². The number of rotatable bonds is 3. The van der Waals surface area contributed by atoms with Gasteiger partial charge in [0.25, 0.3) is 0 Å². The fourth-order valence-electron chi connectivity index (χ4n) is 2.65. The number of ether oxygens (including phenoxy) is 2. The lowest BCUT2D eigenvalue weighted by atomic mass is 9.96. The van der Waals surface area contributed by atoms with Gasteiger partial charge in [-0.2, -0.15) is 5.26 Å². The Labute approximate surface area is 139 Å². The number of esters is 1. The summed E-state index contributed by atoms with van der Waals surface area (Å²) in [6.07, 6.45) is 0. The summed E-state index contributed by atoms with van der Waals surface area (Å²) in [5.74, 6) is 0.346. The third kappa shape index (κ3) is 2.80. The molecule has 3 aromatic rings. The van der Waals surface area contributed by atoms with Crippen LogP contribution in [0.1, 0.15) is 15.9 Å². The zero-order valence-corrected chi connectivity index (χ0v) is 13.4.